The van der Waals surface area contributed by atoms with Gasteiger partial charge in [0.25, 0.3) is 0 Å². The number of oxazole rings is 1. The number of hydrogen-bond acceptors (Lipinski definition) is 4. The smallest absolute Gasteiger partial charge is 0.434 e. The number of fused-ring (bicyclic) bond motifs is 1. The molecule has 3 aromatic rings. The van der Waals surface area contributed by atoms with E-state index in [-0.39, 0.29) is 11.6 Å². The van der Waals surface area contributed by atoms with Gasteiger partial charge in [-0.3, -0.25) is 4.79 Å². The maximum Gasteiger partial charge on any atom is 0.471 e. The van der Waals surface area contributed by atoms with Crippen LogP contribution in [0.15, 0.2) is 40.9 Å². The topological polar surface area (TPSA) is 68.0 Å². The molecule has 1 aromatic carbocycles. The Morgan fingerprint density at radius 1 is 1.26 bits per heavy atom. The van der Waals surface area contributed by atoms with Crippen LogP contribution in [0.25, 0.3) is 22.7 Å². The molecular formula is C15H10F3N3O2. The van der Waals surface area contributed by atoms with Crippen molar-refractivity contribution in [3.05, 3.63) is 42.1 Å². The van der Waals surface area contributed by atoms with E-state index in [1.165, 1.54) is 6.07 Å². The molecule has 0 radical (unpaired) electrons. The number of anilines is 1. The molecule has 0 aliphatic carbocycles. The van der Waals surface area contributed by atoms with E-state index in [4.69, 9.17) is 4.42 Å². The summed E-state index contributed by atoms with van der Waals surface area (Å²) < 4.78 is 42.6. The van der Waals surface area contributed by atoms with Crippen LogP contribution in [0, 0.1) is 6.92 Å². The monoisotopic (exact) mass is 321 g/mol. The van der Waals surface area contributed by atoms with E-state index >= 15 is 0 Å². The van der Waals surface area contributed by atoms with E-state index in [0.29, 0.717) is 22.4 Å². The van der Waals surface area contributed by atoms with Crippen molar-refractivity contribution >= 4 is 22.8 Å². The summed E-state index contributed by atoms with van der Waals surface area (Å²) in [7, 11) is 0. The summed E-state index contributed by atoms with van der Waals surface area (Å²) in [6.07, 6.45) is -3.40. The third-order valence-electron chi connectivity index (χ3n) is 3.16. The number of carbonyl (C=O) groups excluding carboxylic acids is 1. The molecule has 3 rings (SSSR count). The number of alkyl halides is 3. The van der Waals surface area contributed by atoms with Gasteiger partial charge in [-0.25, -0.2) is 4.98 Å². The molecule has 0 saturated heterocycles. The Balaban J connectivity index is 1.98. The molecule has 0 saturated carbocycles. The molecule has 1 N–H and O–H groups in total. The maximum atomic E-state index is 12.4. The first kappa shape index (κ1) is 15.0. The number of amides is 1. The molecular weight excluding hydrogens is 311 g/mol. The van der Waals surface area contributed by atoms with Crippen LogP contribution < -0.4 is 5.32 Å². The van der Waals surface area contributed by atoms with Crippen molar-refractivity contribution in [1.29, 1.82) is 0 Å². The van der Waals surface area contributed by atoms with Crippen LogP contribution in [0.2, 0.25) is 0 Å². The van der Waals surface area contributed by atoms with Gasteiger partial charge in [0.05, 0.1) is 0 Å². The van der Waals surface area contributed by atoms with Crippen molar-refractivity contribution in [2.45, 2.75) is 13.1 Å². The summed E-state index contributed by atoms with van der Waals surface area (Å²) in [4.78, 5) is 19.3. The maximum absolute atomic E-state index is 12.4. The number of halogens is 3. The summed E-state index contributed by atoms with van der Waals surface area (Å²) in [6, 6.07) is 7.96. The normalized spacial score (nSPS) is 11.7. The fraction of sp³-hybridized carbons (Fsp3) is 0.133. The molecule has 0 unspecified atom stereocenters. The second-order valence-corrected chi connectivity index (χ2v) is 4.83. The van der Waals surface area contributed by atoms with Crippen LogP contribution in [0.4, 0.5) is 18.9 Å². The van der Waals surface area contributed by atoms with E-state index in [1.54, 1.807) is 37.4 Å². The standard InChI is InChI=1S/C15H10F3N3O2/c1-8-4-5-9(7-10(8)20-14(22)15(16,17)18)13-21-12-11(23-13)3-2-6-19-12/h2-7H,1H3,(H,20,22). The van der Waals surface area contributed by atoms with E-state index in [2.05, 4.69) is 9.97 Å². The number of benzene rings is 1. The molecule has 0 aliphatic rings. The lowest BCUT2D eigenvalue weighted by Crippen LogP contribution is -2.30. The zero-order valence-electron chi connectivity index (χ0n) is 11.8. The number of aromatic nitrogens is 2. The van der Waals surface area contributed by atoms with Crippen LogP contribution in [0.1, 0.15) is 5.56 Å². The quantitative estimate of drug-likeness (QED) is 0.781. The summed E-state index contributed by atoms with van der Waals surface area (Å²) in [5, 5.41) is 1.85. The zero-order chi connectivity index (χ0) is 16.6. The summed E-state index contributed by atoms with van der Waals surface area (Å²) in [5.41, 5.74) is 1.82. The first-order valence-electron chi connectivity index (χ1n) is 6.55. The highest BCUT2D eigenvalue weighted by atomic mass is 19.4. The van der Waals surface area contributed by atoms with Crippen LogP contribution in [0.3, 0.4) is 0 Å². The number of nitrogens with one attached hydrogen (secondary N) is 1. The molecule has 2 heterocycles. The minimum atomic E-state index is -4.95. The Bertz CT molecular complexity index is 854. The van der Waals surface area contributed by atoms with Crippen LogP contribution in [0.5, 0.6) is 0 Å². The molecule has 0 aliphatic heterocycles. The van der Waals surface area contributed by atoms with Gasteiger partial charge in [-0.1, -0.05) is 6.07 Å². The highest BCUT2D eigenvalue weighted by molar-refractivity contribution is 5.96. The molecule has 23 heavy (non-hydrogen) atoms. The minimum absolute atomic E-state index is 0.0417. The number of carbonyl (C=O) groups is 1. The first-order chi connectivity index (χ1) is 10.8. The van der Waals surface area contributed by atoms with Gasteiger partial charge in [-0.15, -0.1) is 0 Å². The fourth-order valence-electron chi connectivity index (χ4n) is 1.98. The lowest BCUT2D eigenvalue weighted by atomic mass is 10.1. The summed E-state index contributed by atoms with van der Waals surface area (Å²) in [5.74, 6) is -1.82. The summed E-state index contributed by atoms with van der Waals surface area (Å²) >= 11 is 0. The predicted molar refractivity (Wildman–Crippen MR) is 76.7 cm³/mol. The van der Waals surface area contributed by atoms with Crippen LogP contribution in [-0.4, -0.2) is 22.1 Å². The number of hydrogen-bond donors (Lipinski definition) is 1. The van der Waals surface area contributed by atoms with Crippen molar-refractivity contribution in [3.63, 3.8) is 0 Å². The van der Waals surface area contributed by atoms with Gasteiger partial charge in [0, 0.05) is 17.4 Å². The van der Waals surface area contributed by atoms with Gasteiger partial charge in [-0.2, -0.15) is 18.2 Å². The lowest BCUT2D eigenvalue weighted by molar-refractivity contribution is -0.167. The number of nitrogens with zero attached hydrogens (tertiary/aromatic N) is 2. The van der Waals surface area contributed by atoms with Gasteiger partial charge in [0.2, 0.25) is 5.89 Å². The Morgan fingerprint density at radius 2 is 2.04 bits per heavy atom. The number of rotatable bonds is 2. The minimum Gasteiger partial charge on any atom is -0.434 e. The first-order valence-corrected chi connectivity index (χ1v) is 6.55. The average molecular weight is 321 g/mol. The molecule has 8 heteroatoms. The van der Waals surface area contributed by atoms with Gasteiger partial charge < -0.3 is 9.73 Å². The Kier molecular flexibility index (Phi) is 3.51. The van der Waals surface area contributed by atoms with Crippen molar-refractivity contribution < 1.29 is 22.4 Å². The molecule has 5 nitrogen and oxygen atoms in total. The molecule has 0 atom stereocenters. The largest absolute Gasteiger partial charge is 0.471 e. The van der Waals surface area contributed by atoms with Gasteiger partial charge in [0.1, 0.15) is 0 Å². The SMILES string of the molecule is Cc1ccc(-c2nc3ncccc3o2)cc1NC(=O)C(F)(F)F. The predicted octanol–water partition coefficient (Wildman–Crippen LogP) is 3.70. The number of pyridine rings is 1. The zero-order valence-corrected chi connectivity index (χ0v) is 11.8. The highest BCUT2D eigenvalue weighted by Crippen LogP contribution is 2.28. The second kappa shape index (κ2) is 5.38. The molecule has 0 fully saturated rings. The van der Waals surface area contributed by atoms with Crippen molar-refractivity contribution in [2.24, 2.45) is 0 Å². The molecule has 1 amide bonds. The van der Waals surface area contributed by atoms with E-state index < -0.39 is 12.1 Å². The van der Waals surface area contributed by atoms with E-state index in [1.807, 2.05) is 5.32 Å². The molecule has 0 spiro atoms. The van der Waals surface area contributed by atoms with Crippen LogP contribution in [-0.2, 0) is 4.79 Å². The lowest BCUT2D eigenvalue weighted by Gasteiger charge is -2.11. The van der Waals surface area contributed by atoms with Gasteiger partial charge in [0.15, 0.2) is 11.2 Å². The Hall–Kier alpha value is -2.90. The third-order valence-corrected chi connectivity index (χ3v) is 3.16. The second-order valence-electron chi connectivity index (χ2n) is 4.83. The van der Waals surface area contributed by atoms with E-state index in [0.717, 1.165) is 0 Å². The highest BCUT2D eigenvalue weighted by Gasteiger charge is 2.38. The summed E-state index contributed by atoms with van der Waals surface area (Å²) in [6.45, 7) is 1.59. The third kappa shape index (κ3) is 3.01. The fourth-order valence-corrected chi connectivity index (χ4v) is 1.98. The average Bonchev–Trinajstić information content (AvgIpc) is 2.92. The number of aryl methyl sites for hydroxylation is 1. The van der Waals surface area contributed by atoms with Crippen molar-refractivity contribution in [2.75, 3.05) is 5.32 Å². The van der Waals surface area contributed by atoms with Crippen LogP contribution >= 0.6 is 0 Å². The van der Waals surface area contributed by atoms with E-state index in [9.17, 15) is 18.0 Å². The molecule has 0 bridgehead atoms. The van der Waals surface area contributed by atoms with Crippen molar-refractivity contribution in [1.82, 2.24) is 9.97 Å². The Morgan fingerprint density at radius 3 is 2.74 bits per heavy atom. The van der Waals surface area contributed by atoms with Crippen molar-refractivity contribution in [3.8, 4) is 11.5 Å². The Labute approximate surface area is 128 Å². The van der Waals surface area contributed by atoms with Gasteiger partial charge in [-0.05, 0) is 36.8 Å². The molecule has 2 aromatic heterocycles. The van der Waals surface area contributed by atoms with Gasteiger partial charge >= 0.3 is 12.1 Å². The molecule has 118 valence electrons.